The first kappa shape index (κ1) is 29.0. The molecule has 4 aromatic rings. The first-order valence-electron chi connectivity index (χ1n) is 14.7. The molecule has 11 heteroatoms. The molecule has 0 bridgehead atoms. The first-order valence-corrected chi connectivity index (χ1v) is 14.7. The predicted molar refractivity (Wildman–Crippen MR) is 161 cm³/mol. The number of aromatic amines is 1. The lowest BCUT2D eigenvalue weighted by Crippen LogP contribution is -2.47. The van der Waals surface area contributed by atoms with Gasteiger partial charge in [-0.05, 0) is 54.4 Å². The number of aliphatic hydroxyl groups is 1. The Morgan fingerprint density at radius 3 is 2.40 bits per heavy atom. The number of aryl methyl sites for hydroxylation is 1. The highest BCUT2D eigenvalue weighted by Gasteiger charge is 2.24. The van der Waals surface area contributed by atoms with Gasteiger partial charge in [0.2, 0.25) is 5.91 Å². The van der Waals surface area contributed by atoms with Crippen molar-refractivity contribution in [2.24, 2.45) is 0 Å². The summed E-state index contributed by atoms with van der Waals surface area (Å²) in [6, 6.07) is 16.4. The Morgan fingerprint density at radius 2 is 1.72 bits per heavy atom. The van der Waals surface area contributed by atoms with Crippen molar-refractivity contribution < 1.29 is 23.4 Å². The van der Waals surface area contributed by atoms with E-state index >= 15 is 0 Å². The summed E-state index contributed by atoms with van der Waals surface area (Å²) in [5.41, 5.74) is 6.59. The fourth-order valence-corrected chi connectivity index (χ4v) is 5.99. The summed E-state index contributed by atoms with van der Waals surface area (Å²) in [6.45, 7) is 5.29. The van der Waals surface area contributed by atoms with E-state index < -0.39 is 13.0 Å². The van der Waals surface area contributed by atoms with Gasteiger partial charge in [-0.25, -0.2) is 18.7 Å². The summed E-state index contributed by atoms with van der Waals surface area (Å²) < 4.78 is 31.7. The van der Waals surface area contributed by atoms with Crippen molar-refractivity contribution in [2.45, 2.75) is 32.3 Å². The van der Waals surface area contributed by atoms with Gasteiger partial charge in [0, 0.05) is 74.4 Å². The molecule has 0 aliphatic carbocycles. The number of ether oxygens (including phenoxy) is 1. The van der Waals surface area contributed by atoms with Gasteiger partial charge in [0.05, 0.1) is 12.2 Å². The van der Waals surface area contributed by atoms with Crippen molar-refractivity contribution in [1.82, 2.24) is 24.8 Å². The van der Waals surface area contributed by atoms with Crippen molar-refractivity contribution in [1.29, 1.82) is 0 Å². The second-order valence-electron chi connectivity index (χ2n) is 11.2. The Morgan fingerprint density at radius 1 is 1.00 bits per heavy atom. The monoisotopic (exact) mass is 590 g/mol. The van der Waals surface area contributed by atoms with Crippen molar-refractivity contribution in [3.8, 4) is 28.3 Å². The number of nitrogens with one attached hydrogen (secondary N) is 1. The molecular formula is C32H36F2N6O3. The molecule has 0 atom stereocenters. The van der Waals surface area contributed by atoms with Crippen molar-refractivity contribution >= 4 is 22.6 Å². The normalized spacial score (nSPS) is 16.8. The van der Waals surface area contributed by atoms with Crippen molar-refractivity contribution in [2.75, 3.05) is 57.3 Å². The standard InChI is InChI=1S/C32H36F2N6O3/c1-21-16-23(4-7-28(21)43-25-8-10-40(11-9-25)30(42)19-41)31-26-17-27(37-32(26)36-20-35-31)22-2-5-24(6-3-22)39-14-12-38(13-15-39)18-29(33)34/h2-7,16-17,20,25,29,41H,8-15,18-19H2,1H3,(H,35,36,37). The number of halogens is 2. The molecule has 2 saturated heterocycles. The Hall–Kier alpha value is -4.09. The zero-order valence-electron chi connectivity index (χ0n) is 24.2. The third-order valence-corrected chi connectivity index (χ3v) is 8.41. The van der Waals surface area contributed by atoms with Gasteiger partial charge < -0.3 is 24.6 Å². The van der Waals surface area contributed by atoms with Gasteiger partial charge >= 0.3 is 0 Å². The largest absolute Gasteiger partial charge is 0.490 e. The van der Waals surface area contributed by atoms with Gasteiger partial charge in [-0.3, -0.25) is 9.69 Å². The van der Waals surface area contributed by atoms with Crippen molar-refractivity contribution in [3.63, 3.8) is 0 Å². The van der Waals surface area contributed by atoms with E-state index in [1.807, 2.05) is 24.0 Å². The minimum absolute atomic E-state index is 0.0202. The molecule has 0 unspecified atom stereocenters. The van der Waals surface area contributed by atoms with Crippen molar-refractivity contribution in [3.05, 3.63) is 60.4 Å². The molecule has 1 amide bonds. The van der Waals surface area contributed by atoms with Crippen LogP contribution < -0.4 is 9.64 Å². The van der Waals surface area contributed by atoms with Crippen LogP contribution in [0, 0.1) is 6.92 Å². The van der Waals surface area contributed by atoms with Gasteiger partial charge in [0.1, 0.15) is 30.4 Å². The summed E-state index contributed by atoms with van der Waals surface area (Å²) in [6.07, 6.45) is 0.744. The van der Waals surface area contributed by atoms with Crippen LogP contribution in [-0.4, -0.2) is 101 Å². The SMILES string of the molecule is Cc1cc(-c2ncnc3[nH]c(-c4ccc(N5CCN(CC(F)F)CC5)cc4)cc23)ccc1OC1CCN(C(=O)CO)CC1. The Kier molecular flexibility index (Phi) is 8.53. The first-order chi connectivity index (χ1) is 20.9. The van der Waals surface area contributed by atoms with E-state index in [9.17, 15) is 13.6 Å². The predicted octanol–water partition coefficient (Wildman–Crippen LogP) is 4.35. The van der Waals surface area contributed by atoms with E-state index in [-0.39, 0.29) is 18.6 Å². The molecule has 2 aromatic heterocycles. The number of piperidine rings is 1. The molecule has 0 saturated carbocycles. The van der Waals surface area contributed by atoms with Gasteiger partial charge in [-0.2, -0.15) is 0 Å². The zero-order valence-corrected chi connectivity index (χ0v) is 24.2. The molecule has 2 fully saturated rings. The number of anilines is 1. The third kappa shape index (κ3) is 6.47. The number of likely N-dealkylation sites (tertiary alicyclic amines) is 1. The van der Waals surface area contributed by atoms with Crippen LogP contribution in [0.4, 0.5) is 14.5 Å². The highest BCUT2D eigenvalue weighted by Crippen LogP contribution is 2.33. The number of H-pyrrole nitrogens is 1. The molecule has 2 N–H and O–H groups in total. The molecule has 2 aliphatic heterocycles. The quantitative estimate of drug-likeness (QED) is 0.315. The van der Waals surface area contributed by atoms with Crippen LogP contribution in [0.5, 0.6) is 5.75 Å². The second-order valence-corrected chi connectivity index (χ2v) is 11.2. The minimum Gasteiger partial charge on any atom is -0.490 e. The summed E-state index contributed by atoms with van der Waals surface area (Å²) >= 11 is 0. The van der Waals surface area contributed by atoms with Crippen LogP contribution in [-0.2, 0) is 4.79 Å². The number of piperazine rings is 1. The molecule has 2 aromatic carbocycles. The molecule has 0 radical (unpaired) electrons. The van der Waals surface area contributed by atoms with Gasteiger partial charge in [0.15, 0.2) is 0 Å². The highest BCUT2D eigenvalue weighted by molar-refractivity contribution is 5.94. The lowest BCUT2D eigenvalue weighted by atomic mass is 10.0. The third-order valence-electron chi connectivity index (χ3n) is 8.41. The second kappa shape index (κ2) is 12.6. The number of carbonyl (C=O) groups is 1. The summed E-state index contributed by atoms with van der Waals surface area (Å²) in [4.78, 5) is 30.0. The molecule has 9 nitrogen and oxygen atoms in total. The van der Waals surface area contributed by atoms with E-state index in [1.54, 1.807) is 11.2 Å². The average molecular weight is 591 g/mol. The number of amides is 1. The number of aliphatic hydroxyl groups excluding tert-OH is 1. The molecule has 0 spiro atoms. The minimum atomic E-state index is -2.29. The summed E-state index contributed by atoms with van der Waals surface area (Å²) in [5, 5.41) is 10.0. The highest BCUT2D eigenvalue weighted by atomic mass is 19.3. The molecular weight excluding hydrogens is 554 g/mol. The summed E-state index contributed by atoms with van der Waals surface area (Å²) in [5.74, 6) is 0.576. The number of hydrogen-bond acceptors (Lipinski definition) is 7. The zero-order chi connectivity index (χ0) is 29.9. The average Bonchev–Trinajstić information content (AvgIpc) is 3.47. The number of benzene rings is 2. The maximum Gasteiger partial charge on any atom is 0.251 e. The fraction of sp³-hybridized carbons (Fsp3) is 0.406. The van der Waals surface area contributed by atoms with E-state index in [0.717, 1.165) is 76.5 Å². The molecule has 6 rings (SSSR count). The van der Waals surface area contributed by atoms with E-state index in [1.165, 1.54) is 0 Å². The molecule has 226 valence electrons. The summed E-state index contributed by atoms with van der Waals surface area (Å²) in [7, 11) is 0. The van der Waals surface area contributed by atoms with E-state index in [0.29, 0.717) is 26.2 Å². The number of rotatable bonds is 8. The number of nitrogens with zero attached hydrogens (tertiary/aromatic N) is 5. The number of carbonyl (C=O) groups excluding carboxylic acids is 1. The lowest BCUT2D eigenvalue weighted by molar-refractivity contribution is -0.135. The maximum atomic E-state index is 12.7. The van der Waals surface area contributed by atoms with Crippen LogP contribution in [0.15, 0.2) is 54.9 Å². The molecule has 2 aliphatic rings. The number of hydrogen-bond donors (Lipinski definition) is 2. The van der Waals surface area contributed by atoms with E-state index in [4.69, 9.17) is 9.84 Å². The van der Waals surface area contributed by atoms with Gasteiger partial charge in [-0.15, -0.1) is 0 Å². The van der Waals surface area contributed by atoms with Crippen LogP contribution in [0.25, 0.3) is 33.5 Å². The number of alkyl halides is 2. The fourth-order valence-electron chi connectivity index (χ4n) is 5.99. The van der Waals surface area contributed by atoms with Gasteiger partial charge in [-0.1, -0.05) is 12.1 Å². The van der Waals surface area contributed by atoms with Gasteiger partial charge in [0.25, 0.3) is 6.43 Å². The molecule has 4 heterocycles. The Balaban J connectivity index is 1.14. The van der Waals surface area contributed by atoms with Crippen LogP contribution in [0.2, 0.25) is 0 Å². The number of fused-ring (bicyclic) bond motifs is 1. The molecule has 43 heavy (non-hydrogen) atoms. The number of aromatic nitrogens is 3. The maximum absolute atomic E-state index is 12.7. The van der Waals surface area contributed by atoms with Crippen LogP contribution in [0.1, 0.15) is 18.4 Å². The van der Waals surface area contributed by atoms with Crippen LogP contribution in [0.3, 0.4) is 0 Å². The Bertz CT molecular complexity index is 1560. The smallest absolute Gasteiger partial charge is 0.251 e. The van der Waals surface area contributed by atoms with E-state index in [2.05, 4.69) is 56.3 Å². The lowest BCUT2D eigenvalue weighted by Gasteiger charge is -2.35. The van der Waals surface area contributed by atoms with Crippen LogP contribution >= 0.6 is 0 Å². The topological polar surface area (TPSA) is 97.8 Å². The Labute approximate surface area is 249 Å².